The second-order valence-corrected chi connectivity index (χ2v) is 4.80. The first-order chi connectivity index (χ1) is 8.60. The largest absolute Gasteiger partial charge is 0.310 e. The standard InChI is InChI=1S/C13H21N5/c1-5-18-9-12(7-15-18)13-11(6-14-10(2)3)8-17(4)16-13/h7-10,14H,5-6H2,1-4H3. The van der Waals surface area contributed by atoms with Crippen LogP contribution in [0.25, 0.3) is 11.3 Å². The Morgan fingerprint density at radius 2 is 2.11 bits per heavy atom. The normalized spacial score (nSPS) is 11.4. The van der Waals surface area contributed by atoms with Gasteiger partial charge in [-0.3, -0.25) is 9.36 Å². The van der Waals surface area contributed by atoms with Crippen LogP contribution in [0.2, 0.25) is 0 Å². The van der Waals surface area contributed by atoms with Gasteiger partial charge in [0, 0.05) is 49.7 Å². The SMILES string of the molecule is CCn1cc(-c2nn(C)cc2CNC(C)C)cn1. The molecule has 0 fully saturated rings. The lowest BCUT2D eigenvalue weighted by Crippen LogP contribution is -2.21. The third-order valence-electron chi connectivity index (χ3n) is 2.84. The summed E-state index contributed by atoms with van der Waals surface area (Å²) in [5.74, 6) is 0. The van der Waals surface area contributed by atoms with Crippen LogP contribution < -0.4 is 5.32 Å². The molecule has 0 aliphatic heterocycles. The monoisotopic (exact) mass is 247 g/mol. The fraction of sp³-hybridized carbons (Fsp3) is 0.538. The predicted octanol–water partition coefficient (Wildman–Crippen LogP) is 1.80. The van der Waals surface area contributed by atoms with E-state index in [1.54, 1.807) is 0 Å². The highest BCUT2D eigenvalue weighted by Crippen LogP contribution is 2.21. The Bertz CT molecular complexity index is 509. The van der Waals surface area contributed by atoms with E-state index in [2.05, 4.69) is 42.5 Å². The first-order valence-corrected chi connectivity index (χ1v) is 6.39. The van der Waals surface area contributed by atoms with Gasteiger partial charge in [0.25, 0.3) is 0 Å². The number of hydrogen-bond acceptors (Lipinski definition) is 3. The zero-order valence-electron chi connectivity index (χ0n) is 11.5. The van der Waals surface area contributed by atoms with E-state index in [9.17, 15) is 0 Å². The van der Waals surface area contributed by atoms with E-state index < -0.39 is 0 Å². The van der Waals surface area contributed by atoms with Crippen molar-refractivity contribution < 1.29 is 0 Å². The van der Waals surface area contributed by atoms with Gasteiger partial charge in [-0.2, -0.15) is 10.2 Å². The van der Waals surface area contributed by atoms with Gasteiger partial charge in [-0.15, -0.1) is 0 Å². The minimum atomic E-state index is 0.469. The number of aryl methyl sites for hydroxylation is 2. The Morgan fingerprint density at radius 3 is 2.72 bits per heavy atom. The Kier molecular flexibility index (Phi) is 3.81. The molecule has 2 rings (SSSR count). The molecule has 18 heavy (non-hydrogen) atoms. The summed E-state index contributed by atoms with van der Waals surface area (Å²) in [5.41, 5.74) is 3.31. The predicted molar refractivity (Wildman–Crippen MR) is 72.1 cm³/mol. The van der Waals surface area contributed by atoms with Crippen molar-refractivity contribution >= 4 is 0 Å². The van der Waals surface area contributed by atoms with Gasteiger partial charge in [0.2, 0.25) is 0 Å². The lowest BCUT2D eigenvalue weighted by atomic mass is 10.1. The first kappa shape index (κ1) is 12.8. The highest BCUT2D eigenvalue weighted by atomic mass is 15.3. The maximum Gasteiger partial charge on any atom is 0.0999 e. The zero-order valence-corrected chi connectivity index (χ0v) is 11.5. The molecule has 1 N–H and O–H groups in total. The highest BCUT2D eigenvalue weighted by Gasteiger charge is 2.12. The first-order valence-electron chi connectivity index (χ1n) is 6.39. The fourth-order valence-corrected chi connectivity index (χ4v) is 1.88. The van der Waals surface area contributed by atoms with Crippen LogP contribution in [0.5, 0.6) is 0 Å². The van der Waals surface area contributed by atoms with E-state index in [0.717, 1.165) is 24.3 Å². The third kappa shape index (κ3) is 2.79. The van der Waals surface area contributed by atoms with E-state index in [-0.39, 0.29) is 0 Å². The number of nitrogens with zero attached hydrogens (tertiary/aromatic N) is 4. The molecule has 0 aliphatic carbocycles. The van der Waals surface area contributed by atoms with Gasteiger partial charge < -0.3 is 5.32 Å². The molecule has 0 bridgehead atoms. The Labute approximate surface area is 108 Å². The van der Waals surface area contributed by atoms with E-state index >= 15 is 0 Å². The molecule has 0 saturated carbocycles. The molecule has 5 heteroatoms. The fourth-order valence-electron chi connectivity index (χ4n) is 1.88. The third-order valence-corrected chi connectivity index (χ3v) is 2.84. The Balaban J connectivity index is 2.26. The minimum Gasteiger partial charge on any atom is -0.310 e. The number of rotatable bonds is 5. The summed E-state index contributed by atoms with van der Waals surface area (Å²) in [7, 11) is 1.95. The molecule has 0 radical (unpaired) electrons. The van der Waals surface area contributed by atoms with Gasteiger partial charge in [-0.25, -0.2) is 0 Å². The molecule has 0 aromatic carbocycles. The minimum absolute atomic E-state index is 0.469. The van der Waals surface area contributed by atoms with Crippen molar-refractivity contribution in [2.45, 2.75) is 39.9 Å². The summed E-state index contributed by atoms with van der Waals surface area (Å²) in [6.07, 6.45) is 5.99. The van der Waals surface area contributed by atoms with Gasteiger partial charge >= 0.3 is 0 Å². The van der Waals surface area contributed by atoms with Gasteiger partial charge in [0.1, 0.15) is 0 Å². The van der Waals surface area contributed by atoms with Crippen molar-refractivity contribution in [2.24, 2.45) is 7.05 Å². The van der Waals surface area contributed by atoms with Crippen molar-refractivity contribution in [1.29, 1.82) is 0 Å². The second kappa shape index (κ2) is 5.35. The summed E-state index contributed by atoms with van der Waals surface area (Å²) in [5, 5.41) is 12.3. The molecule has 2 aromatic heterocycles. The van der Waals surface area contributed by atoms with Crippen LogP contribution in [-0.2, 0) is 20.1 Å². The van der Waals surface area contributed by atoms with Crippen molar-refractivity contribution in [1.82, 2.24) is 24.9 Å². The molecule has 0 saturated heterocycles. The molecular weight excluding hydrogens is 226 g/mol. The summed E-state index contributed by atoms with van der Waals surface area (Å²) in [6.45, 7) is 8.08. The molecule has 2 aromatic rings. The van der Waals surface area contributed by atoms with Gasteiger partial charge in [-0.1, -0.05) is 13.8 Å². The lowest BCUT2D eigenvalue weighted by molar-refractivity contribution is 0.589. The topological polar surface area (TPSA) is 47.7 Å². The second-order valence-electron chi connectivity index (χ2n) is 4.80. The zero-order chi connectivity index (χ0) is 13.1. The Hall–Kier alpha value is -1.62. The molecule has 0 amide bonds. The van der Waals surface area contributed by atoms with E-state index in [4.69, 9.17) is 0 Å². The molecule has 0 atom stereocenters. The number of hydrogen-bond donors (Lipinski definition) is 1. The highest BCUT2D eigenvalue weighted by molar-refractivity contribution is 5.60. The van der Waals surface area contributed by atoms with Gasteiger partial charge in [0.05, 0.1) is 11.9 Å². The average Bonchev–Trinajstić information content (AvgIpc) is 2.92. The summed E-state index contributed by atoms with van der Waals surface area (Å²) in [6, 6.07) is 0.469. The van der Waals surface area contributed by atoms with Crippen molar-refractivity contribution in [2.75, 3.05) is 0 Å². The van der Waals surface area contributed by atoms with Crippen LogP contribution in [0.3, 0.4) is 0 Å². The average molecular weight is 247 g/mol. The summed E-state index contributed by atoms with van der Waals surface area (Å²) in [4.78, 5) is 0. The quantitative estimate of drug-likeness (QED) is 0.876. The van der Waals surface area contributed by atoms with Gasteiger partial charge in [0.15, 0.2) is 0 Å². The molecule has 5 nitrogen and oxygen atoms in total. The molecule has 2 heterocycles. The van der Waals surface area contributed by atoms with Crippen LogP contribution in [0.4, 0.5) is 0 Å². The Morgan fingerprint density at radius 1 is 1.33 bits per heavy atom. The van der Waals surface area contributed by atoms with Crippen LogP contribution in [0.1, 0.15) is 26.3 Å². The smallest absolute Gasteiger partial charge is 0.0999 e. The molecule has 0 spiro atoms. The van der Waals surface area contributed by atoms with E-state index in [0.29, 0.717) is 6.04 Å². The van der Waals surface area contributed by atoms with Gasteiger partial charge in [-0.05, 0) is 6.92 Å². The number of nitrogens with one attached hydrogen (secondary N) is 1. The van der Waals surface area contributed by atoms with E-state index in [1.165, 1.54) is 5.56 Å². The molecule has 0 unspecified atom stereocenters. The van der Waals surface area contributed by atoms with Crippen molar-refractivity contribution in [3.05, 3.63) is 24.2 Å². The maximum absolute atomic E-state index is 4.53. The summed E-state index contributed by atoms with van der Waals surface area (Å²) >= 11 is 0. The lowest BCUT2D eigenvalue weighted by Gasteiger charge is -2.07. The van der Waals surface area contributed by atoms with Crippen molar-refractivity contribution in [3.8, 4) is 11.3 Å². The molecule has 98 valence electrons. The maximum atomic E-state index is 4.53. The van der Waals surface area contributed by atoms with E-state index in [1.807, 2.05) is 28.8 Å². The summed E-state index contributed by atoms with van der Waals surface area (Å²) < 4.78 is 3.78. The van der Waals surface area contributed by atoms with Crippen LogP contribution in [0, 0.1) is 0 Å². The van der Waals surface area contributed by atoms with Crippen LogP contribution >= 0.6 is 0 Å². The number of aromatic nitrogens is 4. The van der Waals surface area contributed by atoms with Crippen LogP contribution in [0.15, 0.2) is 18.6 Å². The van der Waals surface area contributed by atoms with Crippen molar-refractivity contribution in [3.63, 3.8) is 0 Å². The molecular formula is C13H21N5. The van der Waals surface area contributed by atoms with Crippen LogP contribution in [-0.4, -0.2) is 25.6 Å². The molecule has 0 aliphatic rings.